The van der Waals surface area contributed by atoms with Crippen LogP contribution in [0.25, 0.3) is 0 Å². The van der Waals surface area contributed by atoms with Crippen molar-refractivity contribution in [2.45, 2.75) is 19.3 Å². The number of likely N-dealkylation sites (N-methyl/N-ethyl adjacent to an activating group) is 1. The lowest BCUT2D eigenvalue weighted by atomic mass is 9.91. The van der Waals surface area contributed by atoms with Gasteiger partial charge < -0.3 is 5.32 Å². The van der Waals surface area contributed by atoms with Gasteiger partial charge in [0.15, 0.2) is 0 Å². The van der Waals surface area contributed by atoms with Gasteiger partial charge >= 0.3 is 0 Å². The summed E-state index contributed by atoms with van der Waals surface area (Å²) >= 11 is 3.28. The SMILES string of the molecule is CCNCC(Cc1cccc(F)c1Br)c1ccccc1F. The molecular formula is C17H18BrF2N. The molecule has 0 aromatic heterocycles. The van der Waals surface area contributed by atoms with Crippen molar-refractivity contribution in [1.29, 1.82) is 0 Å². The van der Waals surface area contributed by atoms with Crippen molar-refractivity contribution < 1.29 is 8.78 Å². The Kier molecular flexibility index (Phi) is 5.88. The van der Waals surface area contributed by atoms with E-state index in [4.69, 9.17) is 0 Å². The minimum Gasteiger partial charge on any atom is -0.316 e. The van der Waals surface area contributed by atoms with Crippen molar-refractivity contribution in [2.75, 3.05) is 13.1 Å². The largest absolute Gasteiger partial charge is 0.316 e. The lowest BCUT2D eigenvalue weighted by Gasteiger charge is -2.19. The van der Waals surface area contributed by atoms with E-state index in [9.17, 15) is 8.78 Å². The maximum atomic E-state index is 14.0. The fraction of sp³-hybridized carbons (Fsp3) is 0.294. The number of benzene rings is 2. The second-order valence-electron chi connectivity index (χ2n) is 4.94. The molecule has 0 saturated heterocycles. The Morgan fingerprint density at radius 3 is 2.48 bits per heavy atom. The Balaban J connectivity index is 2.28. The van der Waals surface area contributed by atoms with Gasteiger partial charge in [-0.15, -0.1) is 0 Å². The third-order valence-corrected chi connectivity index (χ3v) is 4.37. The zero-order valence-electron chi connectivity index (χ0n) is 11.9. The molecule has 112 valence electrons. The van der Waals surface area contributed by atoms with Crippen LogP contribution < -0.4 is 5.32 Å². The van der Waals surface area contributed by atoms with Crippen molar-refractivity contribution in [2.24, 2.45) is 0 Å². The molecule has 4 heteroatoms. The van der Waals surface area contributed by atoms with Gasteiger partial charge in [-0.2, -0.15) is 0 Å². The van der Waals surface area contributed by atoms with Crippen LogP contribution in [0.4, 0.5) is 8.78 Å². The molecule has 0 aliphatic heterocycles. The summed E-state index contributed by atoms with van der Waals surface area (Å²) in [5.41, 5.74) is 1.51. The lowest BCUT2D eigenvalue weighted by molar-refractivity contribution is 0.542. The smallest absolute Gasteiger partial charge is 0.137 e. The average Bonchev–Trinajstić information content (AvgIpc) is 2.48. The first kappa shape index (κ1) is 16.1. The summed E-state index contributed by atoms with van der Waals surface area (Å²) in [5.74, 6) is -0.541. The molecule has 2 aromatic rings. The Bertz CT molecular complexity index is 601. The van der Waals surface area contributed by atoms with Gasteiger partial charge in [0.25, 0.3) is 0 Å². The zero-order chi connectivity index (χ0) is 15.2. The molecule has 0 bridgehead atoms. The second-order valence-corrected chi connectivity index (χ2v) is 5.74. The van der Waals surface area contributed by atoms with E-state index in [0.717, 1.165) is 12.1 Å². The molecule has 0 aliphatic carbocycles. The molecule has 2 rings (SSSR count). The van der Waals surface area contributed by atoms with Gasteiger partial charge in [0.05, 0.1) is 4.47 Å². The number of nitrogens with one attached hydrogen (secondary N) is 1. The maximum absolute atomic E-state index is 14.0. The Morgan fingerprint density at radius 1 is 1.05 bits per heavy atom. The molecule has 0 amide bonds. The van der Waals surface area contributed by atoms with Crippen LogP contribution in [0.15, 0.2) is 46.9 Å². The molecule has 2 aromatic carbocycles. The van der Waals surface area contributed by atoms with E-state index < -0.39 is 0 Å². The van der Waals surface area contributed by atoms with Gasteiger partial charge in [0, 0.05) is 12.5 Å². The standard InChI is InChI=1S/C17H18BrF2N/c1-2-21-11-13(14-7-3-4-8-15(14)19)10-12-6-5-9-16(20)17(12)18/h3-9,13,21H,2,10-11H2,1H3. The van der Waals surface area contributed by atoms with Gasteiger partial charge in [-0.1, -0.05) is 37.3 Å². The van der Waals surface area contributed by atoms with E-state index in [2.05, 4.69) is 21.2 Å². The summed E-state index contributed by atoms with van der Waals surface area (Å²) in [6.07, 6.45) is 0.576. The van der Waals surface area contributed by atoms with E-state index in [0.29, 0.717) is 23.0 Å². The quantitative estimate of drug-likeness (QED) is 0.795. The van der Waals surface area contributed by atoms with Crippen LogP contribution in [0.5, 0.6) is 0 Å². The van der Waals surface area contributed by atoms with Crippen LogP contribution in [0.3, 0.4) is 0 Å². The highest BCUT2D eigenvalue weighted by atomic mass is 79.9. The Labute approximate surface area is 132 Å². The minimum absolute atomic E-state index is 0.0377. The number of rotatable bonds is 6. The van der Waals surface area contributed by atoms with E-state index in [-0.39, 0.29) is 17.6 Å². The van der Waals surface area contributed by atoms with Gasteiger partial charge in [-0.25, -0.2) is 8.78 Å². The first-order valence-electron chi connectivity index (χ1n) is 7.01. The fourth-order valence-electron chi connectivity index (χ4n) is 2.39. The van der Waals surface area contributed by atoms with Crippen molar-refractivity contribution >= 4 is 15.9 Å². The molecule has 0 spiro atoms. The summed E-state index contributed by atoms with van der Waals surface area (Å²) in [5, 5.41) is 3.25. The van der Waals surface area contributed by atoms with Gasteiger partial charge in [0.1, 0.15) is 11.6 Å². The highest BCUT2D eigenvalue weighted by Gasteiger charge is 2.18. The summed E-state index contributed by atoms with van der Waals surface area (Å²) in [4.78, 5) is 0. The fourth-order valence-corrected chi connectivity index (χ4v) is 2.81. The van der Waals surface area contributed by atoms with Crippen molar-refractivity contribution in [3.63, 3.8) is 0 Å². The van der Waals surface area contributed by atoms with Crippen LogP contribution in [-0.4, -0.2) is 13.1 Å². The number of halogens is 3. The van der Waals surface area contributed by atoms with E-state index in [1.165, 1.54) is 12.1 Å². The van der Waals surface area contributed by atoms with Gasteiger partial charge in [-0.3, -0.25) is 0 Å². The average molecular weight is 354 g/mol. The normalized spacial score (nSPS) is 12.4. The van der Waals surface area contributed by atoms with Crippen molar-refractivity contribution in [1.82, 2.24) is 5.32 Å². The van der Waals surface area contributed by atoms with Crippen LogP contribution >= 0.6 is 15.9 Å². The first-order chi connectivity index (χ1) is 10.1. The zero-order valence-corrected chi connectivity index (χ0v) is 13.5. The van der Waals surface area contributed by atoms with Crippen LogP contribution in [0.1, 0.15) is 24.0 Å². The lowest BCUT2D eigenvalue weighted by Crippen LogP contribution is -2.23. The molecule has 0 aliphatic rings. The van der Waals surface area contributed by atoms with Crippen LogP contribution in [-0.2, 0) is 6.42 Å². The second kappa shape index (κ2) is 7.66. The Morgan fingerprint density at radius 2 is 1.76 bits per heavy atom. The van der Waals surface area contributed by atoms with Gasteiger partial charge in [-0.05, 0) is 52.2 Å². The van der Waals surface area contributed by atoms with Crippen molar-refractivity contribution in [3.05, 3.63) is 69.7 Å². The molecule has 0 heterocycles. The highest BCUT2D eigenvalue weighted by Crippen LogP contribution is 2.28. The predicted octanol–water partition coefficient (Wildman–Crippen LogP) is 4.66. The molecule has 0 fully saturated rings. The summed E-state index contributed by atoms with van der Waals surface area (Å²) in [6.45, 7) is 3.48. The molecule has 1 N–H and O–H groups in total. The van der Waals surface area contributed by atoms with Crippen LogP contribution in [0.2, 0.25) is 0 Å². The van der Waals surface area contributed by atoms with E-state index in [1.807, 2.05) is 19.1 Å². The predicted molar refractivity (Wildman–Crippen MR) is 85.5 cm³/mol. The molecule has 1 atom stereocenters. The molecule has 1 unspecified atom stereocenters. The van der Waals surface area contributed by atoms with E-state index >= 15 is 0 Å². The monoisotopic (exact) mass is 353 g/mol. The molecule has 0 radical (unpaired) electrons. The highest BCUT2D eigenvalue weighted by molar-refractivity contribution is 9.10. The maximum Gasteiger partial charge on any atom is 0.137 e. The Hall–Kier alpha value is -1.26. The summed E-state index contributed by atoms with van der Waals surface area (Å²) in [7, 11) is 0. The van der Waals surface area contributed by atoms with Crippen molar-refractivity contribution in [3.8, 4) is 0 Å². The molecule has 21 heavy (non-hydrogen) atoms. The van der Waals surface area contributed by atoms with Crippen LogP contribution in [0, 0.1) is 11.6 Å². The summed E-state index contributed by atoms with van der Waals surface area (Å²) < 4.78 is 28.1. The summed E-state index contributed by atoms with van der Waals surface area (Å²) in [6, 6.07) is 11.7. The molecular weight excluding hydrogens is 336 g/mol. The minimum atomic E-state index is -0.289. The number of hydrogen-bond donors (Lipinski definition) is 1. The van der Waals surface area contributed by atoms with E-state index in [1.54, 1.807) is 18.2 Å². The van der Waals surface area contributed by atoms with Gasteiger partial charge in [0.2, 0.25) is 0 Å². The third kappa shape index (κ3) is 4.11. The topological polar surface area (TPSA) is 12.0 Å². The third-order valence-electron chi connectivity index (χ3n) is 3.48. The first-order valence-corrected chi connectivity index (χ1v) is 7.80. The molecule has 0 saturated carbocycles. The molecule has 1 nitrogen and oxygen atoms in total. The number of hydrogen-bond acceptors (Lipinski definition) is 1.